The first-order valence-corrected chi connectivity index (χ1v) is 6.76. The average molecular weight is 284 g/mol. The molecule has 1 aliphatic rings. The number of aliphatic hydroxyl groups is 1. The minimum absolute atomic E-state index is 0.0378. The monoisotopic (exact) mass is 283 g/mol. The van der Waals surface area contributed by atoms with Gasteiger partial charge in [-0.25, -0.2) is 0 Å². The Balaban J connectivity index is 2.29. The number of pyridine rings is 1. The van der Waals surface area contributed by atoms with Crippen LogP contribution in [0.15, 0.2) is 12.1 Å². The van der Waals surface area contributed by atoms with Crippen molar-refractivity contribution in [2.24, 2.45) is 0 Å². The summed E-state index contributed by atoms with van der Waals surface area (Å²) in [7, 11) is -0.527. The van der Waals surface area contributed by atoms with Crippen LogP contribution in [0.1, 0.15) is 33.4 Å². The minimum Gasteiger partial charge on any atom is -0.398 e. The van der Waals surface area contributed by atoms with Crippen LogP contribution in [0.2, 0.25) is 5.02 Å². The highest BCUT2D eigenvalue weighted by atomic mass is 35.5. The molecule has 2 rings (SSSR count). The molecule has 6 heteroatoms. The number of nitrogens with zero attached hydrogens (tertiary/aromatic N) is 1. The molecular formula is C13H19BClNO3. The summed E-state index contributed by atoms with van der Waals surface area (Å²) in [5, 5.41) is 9.56. The zero-order valence-electron chi connectivity index (χ0n) is 11.7. The van der Waals surface area contributed by atoms with E-state index in [0.29, 0.717) is 17.0 Å². The van der Waals surface area contributed by atoms with Crippen molar-refractivity contribution in [2.75, 3.05) is 6.61 Å². The van der Waals surface area contributed by atoms with Crippen molar-refractivity contribution in [3.05, 3.63) is 22.8 Å². The summed E-state index contributed by atoms with van der Waals surface area (Å²) >= 11 is 6.07. The van der Waals surface area contributed by atoms with Crippen LogP contribution in [-0.2, 0) is 15.7 Å². The van der Waals surface area contributed by atoms with Gasteiger partial charge in [-0.1, -0.05) is 11.6 Å². The number of hydrogen-bond acceptors (Lipinski definition) is 4. The second-order valence-corrected chi connectivity index (χ2v) is 6.20. The molecule has 19 heavy (non-hydrogen) atoms. The van der Waals surface area contributed by atoms with Gasteiger partial charge in [-0.2, -0.15) is 0 Å². The van der Waals surface area contributed by atoms with E-state index < -0.39 is 18.3 Å². The molecule has 1 fully saturated rings. The van der Waals surface area contributed by atoms with Gasteiger partial charge in [-0.05, 0) is 39.8 Å². The molecule has 0 aliphatic carbocycles. The van der Waals surface area contributed by atoms with E-state index in [4.69, 9.17) is 26.0 Å². The van der Waals surface area contributed by atoms with E-state index in [0.717, 1.165) is 5.69 Å². The van der Waals surface area contributed by atoms with Crippen LogP contribution in [0.3, 0.4) is 0 Å². The molecule has 0 atom stereocenters. The maximum absolute atomic E-state index is 8.99. The fraction of sp³-hybridized carbons (Fsp3) is 0.615. The molecule has 0 saturated carbocycles. The molecule has 1 aromatic rings. The van der Waals surface area contributed by atoms with Crippen molar-refractivity contribution in [3.8, 4) is 0 Å². The Bertz CT molecular complexity index is 463. The largest absolute Gasteiger partial charge is 0.514 e. The van der Waals surface area contributed by atoms with Gasteiger partial charge in [-0.3, -0.25) is 4.98 Å². The van der Waals surface area contributed by atoms with E-state index in [-0.39, 0.29) is 6.61 Å². The highest BCUT2D eigenvalue weighted by molar-refractivity contribution is 6.61. The van der Waals surface area contributed by atoms with Crippen LogP contribution in [-0.4, -0.2) is 35.0 Å². The third-order valence-electron chi connectivity index (χ3n) is 3.73. The zero-order valence-corrected chi connectivity index (χ0v) is 12.5. The minimum atomic E-state index is -0.527. The fourth-order valence-electron chi connectivity index (χ4n) is 1.90. The highest BCUT2D eigenvalue weighted by Gasteiger charge is 2.52. The zero-order chi connectivity index (χ0) is 14.3. The molecule has 0 aromatic carbocycles. The molecule has 1 N–H and O–H groups in total. The molecule has 0 unspecified atom stereocenters. The number of halogens is 1. The fourth-order valence-corrected chi connectivity index (χ4v) is 2.14. The molecule has 0 radical (unpaired) electrons. The van der Waals surface area contributed by atoms with Gasteiger partial charge in [0.25, 0.3) is 0 Å². The van der Waals surface area contributed by atoms with Crippen molar-refractivity contribution in [2.45, 2.75) is 45.3 Å². The van der Waals surface area contributed by atoms with Crippen LogP contribution in [0.4, 0.5) is 0 Å². The Labute approximate surface area is 119 Å². The van der Waals surface area contributed by atoms with Gasteiger partial charge in [0.1, 0.15) is 0 Å². The van der Waals surface area contributed by atoms with Crippen LogP contribution in [0.5, 0.6) is 0 Å². The van der Waals surface area contributed by atoms with Gasteiger partial charge in [-0.15, -0.1) is 0 Å². The lowest BCUT2D eigenvalue weighted by Crippen LogP contribution is -2.41. The normalized spacial score (nSPS) is 20.8. The summed E-state index contributed by atoms with van der Waals surface area (Å²) in [5.41, 5.74) is 0.576. The summed E-state index contributed by atoms with van der Waals surface area (Å²) in [5.74, 6) is 0. The highest BCUT2D eigenvalue weighted by Crippen LogP contribution is 2.36. The standard InChI is InChI=1S/C13H19BClNO3/c1-12(2)13(3,4)19-14(18-12)11-8-9(15)7-10(16-11)5-6-17/h7-8,17H,5-6H2,1-4H3. The van der Waals surface area contributed by atoms with Gasteiger partial charge in [0.15, 0.2) is 0 Å². The van der Waals surface area contributed by atoms with Crippen LogP contribution in [0, 0.1) is 0 Å². The predicted molar refractivity (Wildman–Crippen MR) is 75.8 cm³/mol. The number of hydrogen-bond donors (Lipinski definition) is 1. The van der Waals surface area contributed by atoms with Crippen LogP contribution < -0.4 is 5.59 Å². The smallest absolute Gasteiger partial charge is 0.398 e. The molecule has 0 spiro atoms. The second-order valence-electron chi connectivity index (χ2n) is 5.76. The molecule has 104 valence electrons. The van der Waals surface area contributed by atoms with Gasteiger partial charge in [0, 0.05) is 23.7 Å². The van der Waals surface area contributed by atoms with Crippen molar-refractivity contribution < 1.29 is 14.4 Å². The number of aliphatic hydroxyl groups excluding tert-OH is 1. The Morgan fingerprint density at radius 2 is 1.79 bits per heavy atom. The number of aromatic nitrogens is 1. The number of rotatable bonds is 3. The quantitative estimate of drug-likeness (QED) is 0.856. The topological polar surface area (TPSA) is 51.6 Å². The second kappa shape index (κ2) is 5.06. The molecule has 0 bridgehead atoms. The van der Waals surface area contributed by atoms with Crippen molar-refractivity contribution in [3.63, 3.8) is 0 Å². The van der Waals surface area contributed by atoms with E-state index in [1.807, 2.05) is 27.7 Å². The summed E-state index contributed by atoms with van der Waals surface area (Å²) in [6, 6.07) is 3.48. The SMILES string of the molecule is CC1(C)OB(c2cc(Cl)cc(CCO)n2)OC1(C)C. The Morgan fingerprint density at radius 1 is 1.21 bits per heavy atom. The molecule has 2 heterocycles. The third kappa shape index (κ3) is 2.94. The van der Waals surface area contributed by atoms with Crippen molar-refractivity contribution in [1.29, 1.82) is 0 Å². The van der Waals surface area contributed by atoms with E-state index in [9.17, 15) is 0 Å². The lowest BCUT2D eigenvalue weighted by Gasteiger charge is -2.32. The molecule has 1 saturated heterocycles. The molecule has 1 aromatic heterocycles. The molecular weight excluding hydrogens is 264 g/mol. The first kappa shape index (κ1) is 14.8. The first-order chi connectivity index (χ1) is 8.75. The molecule has 1 aliphatic heterocycles. The first-order valence-electron chi connectivity index (χ1n) is 6.38. The Morgan fingerprint density at radius 3 is 2.32 bits per heavy atom. The summed E-state index contributed by atoms with van der Waals surface area (Å²) < 4.78 is 11.9. The van der Waals surface area contributed by atoms with Crippen LogP contribution >= 0.6 is 11.6 Å². The average Bonchev–Trinajstić information content (AvgIpc) is 2.48. The Kier molecular flexibility index (Phi) is 3.93. The van der Waals surface area contributed by atoms with Crippen molar-refractivity contribution >= 4 is 24.3 Å². The van der Waals surface area contributed by atoms with Gasteiger partial charge in [0.2, 0.25) is 0 Å². The third-order valence-corrected chi connectivity index (χ3v) is 3.94. The van der Waals surface area contributed by atoms with E-state index >= 15 is 0 Å². The molecule has 4 nitrogen and oxygen atoms in total. The van der Waals surface area contributed by atoms with E-state index in [1.165, 1.54) is 0 Å². The lowest BCUT2D eigenvalue weighted by atomic mass is 9.84. The van der Waals surface area contributed by atoms with Gasteiger partial charge in [0.05, 0.1) is 16.8 Å². The van der Waals surface area contributed by atoms with E-state index in [2.05, 4.69) is 4.98 Å². The summed E-state index contributed by atoms with van der Waals surface area (Å²) in [4.78, 5) is 4.44. The lowest BCUT2D eigenvalue weighted by molar-refractivity contribution is 0.00578. The molecule has 0 amide bonds. The predicted octanol–water partition coefficient (Wildman–Crippen LogP) is 1.57. The van der Waals surface area contributed by atoms with Gasteiger partial charge < -0.3 is 14.4 Å². The summed E-state index contributed by atoms with van der Waals surface area (Å²) in [6.45, 7) is 8.01. The Hall–Kier alpha value is -0.615. The van der Waals surface area contributed by atoms with Crippen molar-refractivity contribution in [1.82, 2.24) is 4.98 Å². The maximum Gasteiger partial charge on any atom is 0.514 e. The van der Waals surface area contributed by atoms with Gasteiger partial charge >= 0.3 is 7.12 Å². The van der Waals surface area contributed by atoms with E-state index in [1.54, 1.807) is 12.1 Å². The van der Waals surface area contributed by atoms with Crippen LogP contribution in [0.25, 0.3) is 0 Å². The summed E-state index contributed by atoms with van der Waals surface area (Å²) in [6.07, 6.45) is 0.465. The maximum atomic E-state index is 8.99.